The fourth-order valence-corrected chi connectivity index (χ4v) is 2.41. The monoisotopic (exact) mass is 298 g/mol. The first kappa shape index (κ1) is 14.7. The number of hydrogen-bond donors (Lipinski definition) is 2. The maximum absolute atomic E-state index is 12.2. The van der Waals surface area contributed by atoms with Crippen molar-refractivity contribution in [2.45, 2.75) is 25.3 Å². The van der Waals surface area contributed by atoms with E-state index in [1.54, 1.807) is 13.0 Å². The quantitative estimate of drug-likeness (QED) is 0.824. The second-order valence-electron chi connectivity index (χ2n) is 4.77. The highest BCUT2D eigenvalue weighted by atomic mass is 35.5. The highest BCUT2D eigenvalue weighted by Crippen LogP contribution is 2.22. The van der Waals surface area contributed by atoms with Crippen molar-refractivity contribution >= 4 is 23.5 Å². The van der Waals surface area contributed by atoms with Crippen LogP contribution in [0.4, 0.5) is 0 Å². The van der Waals surface area contributed by atoms with Crippen molar-refractivity contribution in [1.29, 1.82) is 0 Å². The second-order valence-corrected chi connectivity index (χ2v) is 5.16. The molecule has 108 valence electrons. The molecule has 0 saturated carbocycles. The maximum atomic E-state index is 12.2. The number of amides is 1. The van der Waals surface area contributed by atoms with E-state index in [-0.39, 0.29) is 18.0 Å². The van der Waals surface area contributed by atoms with Crippen LogP contribution < -0.4 is 5.32 Å². The van der Waals surface area contributed by atoms with Gasteiger partial charge in [0.05, 0.1) is 0 Å². The van der Waals surface area contributed by atoms with Gasteiger partial charge in [0.15, 0.2) is 0 Å². The Kier molecular flexibility index (Phi) is 4.25. The molecule has 0 atom stereocenters. The molecule has 6 nitrogen and oxygen atoms in total. The molecule has 2 N–H and O–H groups in total. The van der Waals surface area contributed by atoms with Crippen LogP contribution in [0.15, 0.2) is 12.1 Å². The van der Waals surface area contributed by atoms with Gasteiger partial charge in [0.2, 0.25) is 0 Å². The molecule has 7 heteroatoms. The summed E-state index contributed by atoms with van der Waals surface area (Å²) in [5, 5.41) is 12.2. The number of ether oxygens (including phenoxy) is 1. The third-order valence-corrected chi connectivity index (χ3v) is 3.49. The normalized spacial score (nSPS) is 17.5. The van der Waals surface area contributed by atoms with Crippen molar-refractivity contribution in [3.8, 4) is 0 Å². The molecule has 20 heavy (non-hydrogen) atoms. The van der Waals surface area contributed by atoms with Crippen LogP contribution in [-0.4, -0.2) is 40.7 Å². The van der Waals surface area contributed by atoms with Crippen molar-refractivity contribution in [1.82, 2.24) is 10.3 Å². The number of carbonyl (C=O) groups is 2. The zero-order valence-electron chi connectivity index (χ0n) is 11.0. The van der Waals surface area contributed by atoms with Crippen molar-refractivity contribution in [2.24, 2.45) is 0 Å². The molecule has 0 aliphatic carbocycles. The first-order chi connectivity index (χ1) is 9.43. The number of nitrogens with zero attached hydrogens (tertiary/aromatic N) is 1. The number of carbonyl (C=O) groups excluding carboxylic acids is 1. The summed E-state index contributed by atoms with van der Waals surface area (Å²) in [6, 6.07) is 2.98. The van der Waals surface area contributed by atoms with Gasteiger partial charge in [0, 0.05) is 37.3 Å². The van der Waals surface area contributed by atoms with Crippen LogP contribution in [0, 0.1) is 6.92 Å². The van der Waals surface area contributed by atoms with Gasteiger partial charge >= 0.3 is 5.97 Å². The first-order valence-corrected chi connectivity index (χ1v) is 6.59. The number of carboxylic acid groups (broad SMARTS) is 1. The Labute approximate surface area is 121 Å². The molecule has 1 aliphatic rings. The number of aromatic nitrogens is 1. The van der Waals surface area contributed by atoms with Crippen LogP contribution in [0.25, 0.3) is 0 Å². The fourth-order valence-electron chi connectivity index (χ4n) is 2.16. The van der Waals surface area contributed by atoms with Crippen molar-refractivity contribution in [3.05, 3.63) is 28.5 Å². The Bertz CT molecular complexity index is 521. The van der Waals surface area contributed by atoms with Gasteiger partial charge in [-0.2, -0.15) is 0 Å². The molecule has 0 radical (unpaired) electrons. The Balaban J connectivity index is 2.22. The Morgan fingerprint density at radius 2 is 2.05 bits per heavy atom. The lowest BCUT2D eigenvalue weighted by Crippen LogP contribution is -2.57. The third kappa shape index (κ3) is 3.08. The molecular formula is C13H15ClN2O4. The number of halogens is 1. The van der Waals surface area contributed by atoms with Crippen molar-refractivity contribution < 1.29 is 19.4 Å². The van der Waals surface area contributed by atoms with Gasteiger partial charge in [-0.15, -0.1) is 0 Å². The summed E-state index contributed by atoms with van der Waals surface area (Å²) in [6.45, 7) is 2.33. The smallest absolute Gasteiger partial charge is 0.329 e. The summed E-state index contributed by atoms with van der Waals surface area (Å²) in [5.74, 6) is -1.52. The fraction of sp³-hybridized carbons (Fsp3) is 0.462. The maximum Gasteiger partial charge on any atom is 0.329 e. The highest BCUT2D eigenvalue weighted by molar-refractivity contribution is 6.29. The van der Waals surface area contributed by atoms with E-state index in [0.29, 0.717) is 24.5 Å². The van der Waals surface area contributed by atoms with E-state index in [9.17, 15) is 14.7 Å². The average molecular weight is 299 g/mol. The number of hydrogen-bond acceptors (Lipinski definition) is 4. The Hall–Kier alpha value is -1.66. The number of pyridine rings is 1. The molecular weight excluding hydrogens is 284 g/mol. The van der Waals surface area contributed by atoms with Gasteiger partial charge in [-0.25, -0.2) is 9.78 Å². The van der Waals surface area contributed by atoms with Crippen LogP contribution in [0.5, 0.6) is 0 Å². The zero-order valence-corrected chi connectivity index (χ0v) is 11.7. The average Bonchev–Trinajstić information content (AvgIpc) is 2.38. The molecule has 2 rings (SSSR count). The largest absolute Gasteiger partial charge is 0.480 e. The molecule has 0 aromatic carbocycles. The molecule has 0 bridgehead atoms. The van der Waals surface area contributed by atoms with Gasteiger partial charge in [-0.3, -0.25) is 4.79 Å². The third-order valence-electron chi connectivity index (χ3n) is 3.29. The summed E-state index contributed by atoms with van der Waals surface area (Å²) < 4.78 is 5.15. The Morgan fingerprint density at radius 1 is 1.40 bits per heavy atom. The van der Waals surface area contributed by atoms with Gasteiger partial charge in [-0.1, -0.05) is 11.6 Å². The summed E-state index contributed by atoms with van der Waals surface area (Å²) in [4.78, 5) is 27.7. The minimum absolute atomic E-state index is 0.200. The number of carboxylic acids is 1. The number of aryl methyl sites for hydroxylation is 1. The predicted molar refractivity (Wildman–Crippen MR) is 71.9 cm³/mol. The van der Waals surface area contributed by atoms with Gasteiger partial charge in [0.25, 0.3) is 5.91 Å². The van der Waals surface area contributed by atoms with E-state index >= 15 is 0 Å². The molecule has 2 heterocycles. The number of aliphatic carboxylic acids is 1. The van der Waals surface area contributed by atoms with E-state index in [0.717, 1.165) is 0 Å². The summed E-state index contributed by atoms with van der Waals surface area (Å²) in [7, 11) is 0. The standard InChI is InChI=1S/C13H15ClN2O4/c1-8-6-9(7-10(14)15-8)11(17)16-13(12(18)19)2-4-20-5-3-13/h6-7H,2-5H2,1H3,(H,16,17)(H,18,19). The molecule has 1 aromatic heterocycles. The Morgan fingerprint density at radius 3 is 2.60 bits per heavy atom. The summed E-state index contributed by atoms with van der Waals surface area (Å²) in [5.41, 5.74) is -0.382. The van der Waals surface area contributed by atoms with Crippen LogP contribution in [0.2, 0.25) is 5.15 Å². The highest BCUT2D eigenvalue weighted by Gasteiger charge is 2.41. The number of nitrogens with one attached hydrogen (secondary N) is 1. The first-order valence-electron chi connectivity index (χ1n) is 6.21. The van der Waals surface area contributed by atoms with Gasteiger partial charge in [0.1, 0.15) is 10.7 Å². The predicted octanol–water partition coefficient (Wildman–Crippen LogP) is 1.41. The van der Waals surface area contributed by atoms with Crippen LogP contribution in [0.3, 0.4) is 0 Å². The number of rotatable bonds is 3. The molecule has 0 spiro atoms. The molecule has 0 unspecified atom stereocenters. The van der Waals surface area contributed by atoms with E-state index in [1.165, 1.54) is 6.07 Å². The second kappa shape index (κ2) is 5.76. The van der Waals surface area contributed by atoms with E-state index in [4.69, 9.17) is 16.3 Å². The van der Waals surface area contributed by atoms with E-state index < -0.39 is 17.4 Å². The van der Waals surface area contributed by atoms with Crippen molar-refractivity contribution in [2.75, 3.05) is 13.2 Å². The molecule has 1 aliphatic heterocycles. The SMILES string of the molecule is Cc1cc(C(=O)NC2(C(=O)O)CCOCC2)cc(Cl)n1. The summed E-state index contributed by atoms with van der Waals surface area (Å²) in [6.07, 6.45) is 0.484. The van der Waals surface area contributed by atoms with Crippen molar-refractivity contribution in [3.63, 3.8) is 0 Å². The lowest BCUT2D eigenvalue weighted by atomic mass is 9.89. The summed E-state index contributed by atoms with van der Waals surface area (Å²) >= 11 is 5.81. The minimum Gasteiger partial charge on any atom is -0.480 e. The van der Waals surface area contributed by atoms with Crippen LogP contribution >= 0.6 is 11.6 Å². The van der Waals surface area contributed by atoms with Gasteiger partial charge in [-0.05, 0) is 19.1 Å². The lowest BCUT2D eigenvalue weighted by molar-refractivity contribution is -0.148. The zero-order chi connectivity index (χ0) is 14.8. The van der Waals surface area contributed by atoms with E-state index in [2.05, 4.69) is 10.3 Å². The van der Waals surface area contributed by atoms with Gasteiger partial charge < -0.3 is 15.2 Å². The van der Waals surface area contributed by atoms with Crippen LogP contribution in [-0.2, 0) is 9.53 Å². The molecule has 1 amide bonds. The minimum atomic E-state index is -1.28. The van der Waals surface area contributed by atoms with E-state index in [1.807, 2.05) is 0 Å². The molecule has 1 aromatic rings. The van der Waals surface area contributed by atoms with Crippen LogP contribution in [0.1, 0.15) is 28.9 Å². The molecule has 1 saturated heterocycles. The lowest BCUT2D eigenvalue weighted by Gasteiger charge is -2.33. The topological polar surface area (TPSA) is 88.5 Å². The molecule has 1 fully saturated rings.